The molecule has 0 spiro atoms. The molecular formula is C28H20BrN3O5. The summed E-state index contributed by atoms with van der Waals surface area (Å²) >= 11 is 3.42. The molecule has 4 atom stereocenters. The van der Waals surface area contributed by atoms with Gasteiger partial charge in [-0.25, -0.2) is 0 Å². The van der Waals surface area contributed by atoms with E-state index >= 15 is 0 Å². The molecule has 0 N–H and O–H groups in total. The zero-order valence-corrected chi connectivity index (χ0v) is 21.2. The number of carbonyl (C=O) groups excluding carboxylic acids is 2. The Morgan fingerprint density at radius 2 is 1.84 bits per heavy atom. The first kappa shape index (κ1) is 24.4. The molecule has 1 fully saturated rings. The third-order valence-electron chi connectivity index (χ3n) is 7.09. The number of nitriles is 1. The third kappa shape index (κ3) is 3.72. The second-order valence-corrected chi connectivity index (χ2v) is 9.80. The van der Waals surface area contributed by atoms with Crippen molar-refractivity contribution in [1.82, 2.24) is 0 Å². The van der Waals surface area contributed by atoms with E-state index in [0.717, 1.165) is 10.0 Å². The Labute approximate surface area is 221 Å². The number of Topliss-reactive ketones (excluding diaryl/α,β-unsaturated/α-hetero) is 1. The van der Waals surface area contributed by atoms with Crippen molar-refractivity contribution in [3.8, 4) is 6.07 Å². The number of rotatable bonds is 5. The van der Waals surface area contributed by atoms with Gasteiger partial charge < -0.3 is 9.64 Å². The topological polar surface area (TPSA) is 114 Å². The lowest BCUT2D eigenvalue weighted by atomic mass is 9.68. The first-order valence-corrected chi connectivity index (χ1v) is 12.2. The van der Waals surface area contributed by atoms with Crippen LogP contribution >= 0.6 is 15.9 Å². The molecule has 5 rings (SSSR count). The summed E-state index contributed by atoms with van der Waals surface area (Å²) in [6, 6.07) is 20.4. The average molecular weight is 558 g/mol. The number of carbonyl (C=O) groups is 2. The molecule has 0 aliphatic carbocycles. The lowest BCUT2D eigenvalue weighted by Gasteiger charge is -2.36. The summed E-state index contributed by atoms with van der Waals surface area (Å²) in [6.07, 6.45) is 3.60. The fraction of sp³-hybridized carbons (Fsp3) is 0.179. The van der Waals surface area contributed by atoms with Gasteiger partial charge in [-0.2, -0.15) is 5.26 Å². The zero-order chi connectivity index (χ0) is 26.3. The van der Waals surface area contributed by atoms with E-state index in [2.05, 4.69) is 22.0 Å². The Bertz CT molecular complexity index is 1500. The number of fused-ring (bicyclic) bond motifs is 3. The van der Waals surface area contributed by atoms with Crippen molar-refractivity contribution in [3.63, 3.8) is 0 Å². The number of anilines is 1. The number of esters is 1. The molecule has 2 heterocycles. The van der Waals surface area contributed by atoms with Gasteiger partial charge in [0.2, 0.25) is 0 Å². The van der Waals surface area contributed by atoms with Crippen molar-refractivity contribution in [1.29, 1.82) is 5.26 Å². The normalized spacial score (nSPS) is 23.5. The van der Waals surface area contributed by atoms with Gasteiger partial charge in [0.25, 0.3) is 5.69 Å². The van der Waals surface area contributed by atoms with Crippen LogP contribution in [0.5, 0.6) is 0 Å². The number of hydrogen-bond donors (Lipinski definition) is 0. The van der Waals surface area contributed by atoms with E-state index in [1.54, 1.807) is 35.2 Å². The molecule has 37 heavy (non-hydrogen) atoms. The maximum atomic E-state index is 14.3. The van der Waals surface area contributed by atoms with Gasteiger partial charge in [0.15, 0.2) is 11.2 Å². The first-order valence-electron chi connectivity index (χ1n) is 11.4. The standard InChI is InChI=1S/C28H20BrN3O5/c1-37-27(34)28(16-30)23-14-11-17-5-2-3-8-22(17)31(23)25(24(28)18-9-12-20(29)13-10-18)26(33)19-6-4-7-21(15-19)32(35)36/h2-15,23-25H,1H3/t23-,24+,25-,28-/m0/s1. The quantitative estimate of drug-likeness (QED) is 0.181. The minimum Gasteiger partial charge on any atom is -0.468 e. The van der Waals surface area contributed by atoms with Crippen LogP contribution < -0.4 is 4.90 Å². The second-order valence-electron chi connectivity index (χ2n) is 8.89. The summed E-state index contributed by atoms with van der Waals surface area (Å²) < 4.78 is 5.98. The summed E-state index contributed by atoms with van der Waals surface area (Å²) in [4.78, 5) is 40.5. The Kier molecular flexibility index (Phi) is 6.13. The number of nitrogens with zero attached hydrogens (tertiary/aromatic N) is 3. The highest BCUT2D eigenvalue weighted by Crippen LogP contribution is 2.56. The molecule has 0 bridgehead atoms. The van der Waals surface area contributed by atoms with Crippen LogP contribution in [0.1, 0.15) is 27.4 Å². The molecule has 184 valence electrons. The number of halogens is 1. The van der Waals surface area contributed by atoms with Crippen LogP contribution in [0, 0.1) is 26.9 Å². The monoisotopic (exact) mass is 557 g/mol. The van der Waals surface area contributed by atoms with Gasteiger partial charge in [-0.3, -0.25) is 19.7 Å². The smallest absolute Gasteiger partial charge is 0.329 e. The summed E-state index contributed by atoms with van der Waals surface area (Å²) in [5, 5.41) is 22.1. The number of methoxy groups -OCH3 is 1. The number of nitro groups is 1. The van der Waals surface area contributed by atoms with Crippen LogP contribution in [-0.2, 0) is 9.53 Å². The van der Waals surface area contributed by atoms with Crippen LogP contribution in [0.15, 0.2) is 83.3 Å². The summed E-state index contributed by atoms with van der Waals surface area (Å²) in [5.41, 5.74) is 0.225. The van der Waals surface area contributed by atoms with Crippen LogP contribution in [0.25, 0.3) is 6.08 Å². The molecule has 1 saturated heterocycles. The fourth-order valence-corrected chi connectivity index (χ4v) is 5.79. The molecule has 9 heteroatoms. The summed E-state index contributed by atoms with van der Waals surface area (Å²) in [7, 11) is 1.22. The summed E-state index contributed by atoms with van der Waals surface area (Å²) in [5.74, 6) is -2.13. The Morgan fingerprint density at radius 3 is 2.51 bits per heavy atom. The minimum atomic E-state index is -1.77. The highest BCUT2D eigenvalue weighted by atomic mass is 79.9. The summed E-state index contributed by atoms with van der Waals surface area (Å²) in [6.45, 7) is 0. The van der Waals surface area contributed by atoms with Crippen molar-refractivity contribution < 1.29 is 19.2 Å². The molecule has 3 aromatic carbocycles. The lowest BCUT2D eigenvalue weighted by Crippen LogP contribution is -2.46. The van der Waals surface area contributed by atoms with Crippen LogP contribution in [0.4, 0.5) is 11.4 Å². The molecule has 2 aliphatic rings. The van der Waals surface area contributed by atoms with Crippen LogP contribution in [-0.4, -0.2) is 35.9 Å². The van der Waals surface area contributed by atoms with E-state index in [0.29, 0.717) is 11.3 Å². The maximum Gasteiger partial charge on any atom is 0.329 e. The Balaban J connectivity index is 1.81. The number of hydrogen-bond acceptors (Lipinski definition) is 7. The Morgan fingerprint density at radius 1 is 1.11 bits per heavy atom. The minimum absolute atomic E-state index is 0.116. The molecular weight excluding hydrogens is 538 g/mol. The average Bonchev–Trinajstić information content (AvgIpc) is 3.24. The largest absolute Gasteiger partial charge is 0.468 e. The molecule has 0 saturated carbocycles. The predicted octanol–water partition coefficient (Wildman–Crippen LogP) is 5.29. The van der Waals surface area contributed by atoms with E-state index in [9.17, 15) is 25.0 Å². The SMILES string of the molecule is COC(=O)[C@]1(C#N)[C@H](c2ccc(Br)cc2)[C@@H](C(=O)c2cccc([N+](=O)[O-])c2)N2c3ccccc3C=C[C@H]21. The van der Waals surface area contributed by atoms with Gasteiger partial charge in [-0.15, -0.1) is 0 Å². The van der Waals surface area contributed by atoms with Crippen LogP contribution in [0.3, 0.4) is 0 Å². The first-order chi connectivity index (χ1) is 17.8. The van der Waals surface area contributed by atoms with Crippen molar-refractivity contribution in [2.24, 2.45) is 5.41 Å². The molecule has 0 aromatic heterocycles. The lowest BCUT2D eigenvalue weighted by molar-refractivity contribution is -0.384. The van der Waals surface area contributed by atoms with Gasteiger partial charge in [0, 0.05) is 33.8 Å². The molecule has 8 nitrogen and oxygen atoms in total. The van der Waals surface area contributed by atoms with E-state index < -0.39 is 40.1 Å². The number of ketones is 1. The fourth-order valence-electron chi connectivity index (χ4n) is 5.52. The molecule has 0 radical (unpaired) electrons. The van der Waals surface area contributed by atoms with Gasteiger partial charge in [0.1, 0.15) is 6.04 Å². The number of benzene rings is 3. The van der Waals surface area contributed by atoms with Gasteiger partial charge >= 0.3 is 5.97 Å². The van der Waals surface area contributed by atoms with E-state index in [1.165, 1.54) is 31.4 Å². The number of ether oxygens (including phenoxy) is 1. The Hall–Kier alpha value is -4.29. The molecule has 3 aromatic rings. The van der Waals surface area contributed by atoms with Crippen molar-refractivity contribution in [2.75, 3.05) is 12.0 Å². The van der Waals surface area contributed by atoms with Gasteiger partial charge in [0.05, 0.1) is 24.1 Å². The highest BCUT2D eigenvalue weighted by Gasteiger charge is 2.67. The highest BCUT2D eigenvalue weighted by molar-refractivity contribution is 9.10. The van der Waals surface area contributed by atoms with Crippen molar-refractivity contribution in [3.05, 3.63) is 110 Å². The molecule has 0 unspecified atom stereocenters. The molecule has 0 amide bonds. The van der Waals surface area contributed by atoms with E-state index in [-0.39, 0.29) is 11.3 Å². The van der Waals surface area contributed by atoms with Gasteiger partial charge in [-0.1, -0.05) is 70.5 Å². The second kappa shape index (κ2) is 9.30. The predicted molar refractivity (Wildman–Crippen MR) is 140 cm³/mol. The van der Waals surface area contributed by atoms with Crippen molar-refractivity contribution >= 4 is 45.1 Å². The third-order valence-corrected chi connectivity index (χ3v) is 7.62. The zero-order valence-electron chi connectivity index (χ0n) is 19.6. The number of non-ortho nitro benzene ring substituents is 1. The number of para-hydroxylation sites is 1. The molecule has 2 aliphatic heterocycles. The van der Waals surface area contributed by atoms with Crippen LogP contribution in [0.2, 0.25) is 0 Å². The number of nitro benzene ring substituents is 1. The van der Waals surface area contributed by atoms with E-state index in [4.69, 9.17) is 4.74 Å². The van der Waals surface area contributed by atoms with Gasteiger partial charge in [-0.05, 0) is 29.3 Å². The maximum absolute atomic E-state index is 14.3. The van der Waals surface area contributed by atoms with Crippen molar-refractivity contribution in [2.45, 2.75) is 18.0 Å². The van der Waals surface area contributed by atoms with E-state index in [1.807, 2.05) is 30.3 Å².